The van der Waals surface area contributed by atoms with E-state index in [1.54, 1.807) is 0 Å². The molecule has 1 aliphatic rings. The van der Waals surface area contributed by atoms with E-state index in [1.165, 1.54) is 44.9 Å². The Kier molecular flexibility index (Phi) is 8.61. The third kappa shape index (κ3) is 6.73. The molecule has 1 fully saturated rings. The van der Waals surface area contributed by atoms with Gasteiger partial charge in [0.1, 0.15) is 6.04 Å². The molecule has 0 radical (unpaired) electrons. The van der Waals surface area contributed by atoms with E-state index in [0.29, 0.717) is 19.0 Å². The topological polar surface area (TPSA) is 70.7 Å². The lowest BCUT2D eigenvalue weighted by Gasteiger charge is -2.33. The number of ether oxygens (including phenoxy) is 1. The van der Waals surface area contributed by atoms with Crippen molar-refractivity contribution in [3.8, 4) is 0 Å². The molecule has 1 aromatic rings. The number of alkyl carbamates (subject to hydrolysis) is 1. The average molecular weight is 390 g/mol. The molecule has 6 heteroatoms. The number of carbonyl (C=O) groups excluding carboxylic acids is 2. The SMILES string of the molecule is COC(=O)NC(CC(C)C)C(=O)NCc1ccc(N(C)C2CCCCC2)cc1. The standard InChI is InChI=1S/C22H35N3O3/c1-16(2)14-20(24-22(27)28-4)21(26)23-15-17-10-12-19(13-11-17)25(3)18-8-6-5-7-9-18/h10-13,16,18,20H,5-9,14-15H2,1-4H3,(H,23,26)(H,24,27). The zero-order valence-electron chi connectivity index (χ0n) is 17.7. The van der Waals surface area contributed by atoms with E-state index in [4.69, 9.17) is 0 Å². The highest BCUT2D eigenvalue weighted by Crippen LogP contribution is 2.26. The molecule has 1 aliphatic carbocycles. The van der Waals surface area contributed by atoms with Crippen molar-refractivity contribution in [2.45, 2.75) is 71.0 Å². The van der Waals surface area contributed by atoms with Crippen molar-refractivity contribution >= 4 is 17.7 Å². The first-order valence-electron chi connectivity index (χ1n) is 10.3. The van der Waals surface area contributed by atoms with Gasteiger partial charge in [-0.05, 0) is 42.9 Å². The van der Waals surface area contributed by atoms with Gasteiger partial charge in [0, 0.05) is 25.3 Å². The summed E-state index contributed by atoms with van der Waals surface area (Å²) in [5.74, 6) is 0.0880. The van der Waals surface area contributed by atoms with Gasteiger partial charge in [-0.15, -0.1) is 0 Å². The first kappa shape index (κ1) is 22.1. The van der Waals surface area contributed by atoms with Crippen molar-refractivity contribution in [2.24, 2.45) is 5.92 Å². The summed E-state index contributed by atoms with van der Waals surface area (Å²) < 4.78 is 4.63. The molecule has 0 spiro atoms. The van der Waals surface area contributed by atoms with Crippen LogP contribution in [0.1, 0.15) is 57.9 Å². The van der Waals surface area contributed by atoms with Crippen LogP contribution in [0.4, 0.5) is 10.5 Å². The molecule has 2 N–H and O–H groups in total. The summed E-state index contributed by atoms with van der Waals surface area (Å²) in [5, 5.41) is 5.54. The number of nitrogens with zero attached hydrogens (tertiary/aromatic N) is 1. The zero-order valence-corrected chi connectivity index (χ0v) is 17.7. The van der Waals surface area contributed by atoms with Crippen molar-refractivity contribution in [3.63, 3.8) is 0 Å². The Bertz CT molecular complexity index is 624. The predicted molar refractivity (Wildman–Crippen MR) is 112 cm³/mol. The second-order valence-electron chi connectivity index (χ2n) is 8.11. The van der Waals surface area contributed by atoms with Crippen LogP contribution in [0.25, 0.3) is 0 Å². The van der Waals surface area contributed by atoms with Crippen LogP contribution in [0.5, 0.6) is 0 Å². The number of hydrogen-bond donors (Lipinski definition) is 2. The summed E-state index contributed by atoms with van der Waals surface area (Å²) in [6.45, 7) is 4.46. The highest BCUT2D eigenvalue weighted by molar-refractivity contribution is 5.85. The minimum atomic E-state index is -0.593. The molecule has 1 unspecified atom stereocenters. The number of carbonyl (C=O) groups is 2. The molecule has 0 saturated heterocycles. The van der Waals surface area contributed by atoms with Gasteiger partial charge in [-0.1, -0.05) is 45.2 Å². The lowest BCUT2D eigenvalue weighted by molar-refractivity contribution is -0.123. The fourth-order valence-corrected chi connectivity index (χ4v) is 3.74. The highest BCUT2D eigenvalue weighted by atomic mass is 16.5. The summed E-state index contributed by atoms with van der Waals surface area (Å²) in [6, 6.07) is 8.38. The smallest absolute Gasteiger partial charge is 0.407 e. The van der Waals surface area contributed by atoms with E-state index in [1.807, 2.05) is 13.8 Å². The van der Waals surface area contributed by atoms with E-state index < -0.39 is 12.1 Å². The van der Waals surface area contributed by atoms with Gasteiger partial charge < -0.3 is 20.3 Å². The summed E-state index contributed by atoms with van der Waals surface area (Å²) >= 11 is 0. The fourth-order valence-electron chi connectivity index (χ4n) is 3.74. The fraction of sp³-hybridized carbons (Fsp3) is 0.636. The van der Waals surface area contributed by atoms with E-state index >= 15 is 0 Å². The van der Waals surface area contributed by atoms with Crippen molar-refractivity contribution in [1.82, 2.24) is 10.6 Å². The quantitative estimate of drug-likeness (QED) is 0.709. The number of nitrogens with one attached hydrogen (secondary N) is 2. The van der Waals surface area contributed by atoms with Crippen LogP contribution in [0, 0.1) is 5.92 Å². The van der Waals surface area contributed by atoms with Crippen LogP contribution in [-0.4, -0.2) is 38.2 Å². The molecule has 0 aliphatic heterocycles. The number of methoxy groups -OCH3 is 1. The minimum Gasteiger partial charge on any atom is -0.453 e. The number of rotatable bonds is 8. The Morgan fingerprint density at radius 2 is 1.79 bits per heavy atom. The van der Waals surface area contributed by atoms with E-state index in [0.717, 1.165) is 5.56 Å². The molecule has 28 heavy (non-hydrogen) atoms. The molecular formula is C22H35N3O3. The van der Waals surface area contributed by atoms with Gasteiger partial charge in [-0.25, -0.2) is 4.79 Å². The number of hydrogen-bond acceptors (Lipinski definition) is 4. The molecule has 1 saturated carbocycles. The molecule has 2 rings (SSSR count). The maximum Gasteiger partial charge on any atom is 0.407 e. The molecular weight excluding hydrogens is 354 g/mol. The number of benzene rings is 1. The monoisotopic (exact) mass is 389 g/mol. The number of anilines is 1. The van der Waals surface area contributed by atoms with Crippen molar-refractivity contribution in [2.75, 3.05) is 19.1 Å². The molecule has 0 bridgehead atoms. The second kappa shape index (κ2) is 10.9. The predicted octanol–water partition coefficient (Wildman–Crippen LogP) is 3.84. The molecule has 1 atom stereocenters. The number of amides is 2. The van der Waals surface area contributed by atoms with Gasteiger partial charge in [0.25, 0.3) is 0 Å². The maximum atomic E-state index is 12.5. The van der Waals surface area contributed by atoms with Crippen LogP contribution >= 0.6 is 0 Å². The molecule has 0 aromatic heterocycles. The van der Waals surface area contributed by atoms with Gasteiger partial charge in [-0.2, -0.15) is 0 Å². The van der Waals surface area contributed by atoms with Crippen LogP contribution in [0.3, 0.4) is 0 Å². The highest BCUT2D eigenvalue weighted by Gasteiger charge is 2.22. The van der Waals surface area contributed by atoms with Gasteiger partial charge in [0.15, 0.2) is 0 Å². The lowest BCUT2D eigenvalue weighted by atomic mass is 9.94. The van der Waals surface area contributed by atoms with Gasteiger partial charge in [-0.3, -0.25) is 4.79 Å². The average Bonchev–Trinajstić information content (AvgIpc) is 2.71. The van der Waals surface area contributed by atoms with Gasteiger partial charge in [0.2, 0.25) is 5.91 Å². The molecule has 6 nitrogen and oxygen atoms in total. The van der Waals surface area contributed by atoms with Crippen LogP contribution < -0.4 is 15.5 Å². The summed E-state index contributed by atoms with van der Waals surface area (Å²) in [6.07, 6.45) is 6.48. The van der Waals surface area contributed by atoms with Crippen molar-refractivity contribution in [3.05, 3.63) is 29.8 Å². The van der Waals surface area contributed by atoms with E-state index in [9.17, 15) is 9.59 Å². The summed E-state index contributed by atoms with van der Waals surface area (Å²) in [5.41, 5.74) is 2.25. The van der Waals surface area contributed by atoms with Crippen LogP contribution in [0.15, 0.2) is 24.3 Å². The van der Waals surface area contributed by atoms with Crippen LogP contribution in [0.2, 0.25) is 0 Å². The third-order valence-corrected chi connectivity index (χ3v) is 5.43. The van der Waals surface area contributed by atoms with Crippen molar-refractivity contribution in [1.29, 1.82) is 0 Å². The third-order valence-electron chi connectivity index (χ3n) is 5.43. The largest absolute Gasteiger partial charge is 0.453 e. The maximum absolute atomic E-state index is 12.5. The second-order valence-corrected chi connectivity index (χ2v) is 8.11. The Hall–Kier alpha value is -2.24. The van der Waals surface area contributed by atoms with Gasteiger partial charge in [0.05, 0.1) is 7.11 Å². The van der Waals surface area contributed by atoms with Gasteiger partial charge >= 0.3 is 6.09 Å². The molecule has 156 valence electrons. The first-order chi connectivity index (χ1) is 13.4. The summed E-state index contributed by atoms with van der Waals surface area (Å²) in [7, 11) is 3.47. The van der Waals surface area contributed by atoms with Crippen molar-refractivity contribution < 1.29 is 14.3 Å². The lowest BCUT2D eigenvalue weighted by Crippen LogP contribution is -2.47. The Morgan fingerprint density at radius 3 is 2.36 bits per heavy atom. The molecule has 2 amide bonds. The van der Waals surface area contributed by atoms with Crippen LogP contribution in [-0.2, 0) is 16.1 Å². The minimum absolute atomic E-state index is 0.192. The van der Waals surface area contributed by atoms with E-state index in [-0.39, 0.29) is 11.8 Å². The zero-order chi connectivity index (χ0) is 20.5. The molecule has 0 heterocycles. The normalized spacial score (nSPS) is 15.8. The van der Waals surface area contributed by atoms with E-state index in [2.05, 4.69) is 51.6 Å². The Balaban J connectivity index is 1.89. The summed E-state index contributed by atoms with van der Waals surface area (Å²) in [4.78, 5) is 26.4. The Labute approximate surface area is 169 Å². The molecule has 1 aromatic carbocycles. The first-order valence-corrected chi connectivity index (χ1v) is 10.3. The Morgan fingerprint density at radius 1 is 1.14 bits per heavy atom.